The van der Waals surface area contributed by atoms with Crippen molar-refractivity contribution < 1.29 is 66.3 Å². The van der Waals surface area contributed by atoms with Crippen molar-refractivity contribution in [3.05, 3.63) is 72.9 Å². The molecule has 0 saturated carbocycles. The fraction of sp³-hybridized carbons (Fsp3) is 0.659. The topological polar surface area (TPSA) is 212 Å². The summed E-state index contributed by atoms with van der Waals surface area (Å²) in [6, 6.07) is 0. The lowest BCUT2D eigenvalue weighted by Gasteiger charge is -2.20. The first kappa shape index (κ1) is 57.2. The van der Waals surface area contributed by atoms with Gasteiger partial charge in [0.15, 0.2) is 11.9 Å². The molecule has 0 aliphatic heterocycles. The SMILES string of the molecule is CCCCCC/C=C\C=C/CCCCCCCC(=O)O[C@H](COC(=O)CCC/C=C\C/C=C\C/C=C\C=C\C(=O)CCCCC)COP(=O)(O)OC[C@@H](O)COP(=O)(O)O. The molecule has 0 bridgehead atoms. The second-order valence-electron chi connectivity index (χ2n) is 14.3. The first-order valence-electron chi connectivity index (χ1n) is 21.6. The molecule has 60 heavy (non-hydrogen) atoms. The van der Waals surface area contributed by atoms with E-state index in [0.29, 0.717) is 25.7 Å². The summed E-state index contributed by atoms with van der Waals surface area (Å²) >= 11 is 0. The summed E-state index contributed by atoms with van der Waals surface area (Å²) in [4.78, 5) is 64.3. The van der Waals surface area contributed by atoms with Gasteiger partial charge in [-0.05, 0) is 70.3 Å². The van der Waals surface area contributed by atoms with E-state index in [1.54, 1.807) is 12.2 Å². The lowest BCUT2D eigenvalue weighted by molar-refractivity contribution is -0.161. The zero-order valence-corrected chi connectivity index (χ0v) is 37.8. The molecule has 0 aromatic carbocycles. The summed E-state index contributed by atoms with van der Waals surface area (Å²) in [7, 11) is -9.72. The molecule has 0 aliphatic rings. The van der Waals surface area contributed by atoms with Gasteiger partial charge in [-0.15, -0.1) is 0 Å². The Morgan fingerprint density at radius 1 is 0.533 bits per heavy atom. The number of hydrogen-bond acceptors (Lipinski definition) is 11. The molecule has 1 unspecified atom stereocenters. The first-order valence-corrected chi connectivity index (χ1v) is 24.6. The number of aliphatic hydroxyl groups is 1. The lowest BCUT2D eigenvalue weighted by Crippen LogP contribution is -2.30. The van der Waals surface area contributed by atoms with Crippen molar-refractivity contribution in [3.8, 4) is 0 Å². The molecular weight excluding hydrogens is 814 g/mol. The molecule has 0 amide bonds. The molecule has 3 atom stereocenters. The van der Waals surface area contributed by atoms with Crippen molar-refractivity contribution >= 4 is 33.4 Å². The van der Waals surface area contributed by atoms with E-state index in [4.69, 9.17) is 23.8 Å². The van der Waals surface area contributed by atoms with Gasteiger partial charge in [-0.1, -0.05) is 132 Å². The van der Waals surface area contributed by atoms with Crippen LogP contribution in [-0.2, 0) is 46.6 Å². The number of esters is 2. The van der Waals surface area contributed by atoms with Crippen molar-refractivity contribution in [1.29, 1.82) is 0 Å². The van der Waals surface area contributed by atoms with Gasteiger partial charge in [0.2, 0.25) is 0 Å². The van der Waals surface area contributed by atoms with Crippen LogP contribution in [0.3, 0.4) is 0 Å². The third kappa shape index (κ3) is 41.9. The number of hydrogen-bond donors (Lipinski definition) is 4. The van der Waals surface area contributed by atoms with Gasteiger partial charge in [-0.25, -0.2) is 9.13 Å². The largest absolute Gasteiger partial charge is 0.472 e. The van der Waals surface area contributed by atoms with Gasteiger partial charge >= 0.3 is 27.6 Å². The number of rotatable bonds is 40. The fourth-order valence-corrected chi connectivity index (χ4v) is 6.38. The number of ether oxygens (including phenoxy) is 2. The Kier molecular flexibility index (Phi) is 37.3. The molecule has 0 aromatic rings. The maximum Gasteiger partial charge on any atom is 0.472 e. The number of aliphatic hydroxyl groups excluding tert-OH is 1. The maximum absolute atomic E-state index is 12.6. The highest BCUT2D eigenvalue weighted by Crippen LogP contribution is 2.43. The molecule has 0 rings (SSSR count). The summed E-state index contributed by atoms with van der Waals surface area (Å²) in [5.74, 6) is -1.01. The van der Waals surface area contributed by atoms with Crippen molar-refractivity contribution in [3.63, 3.8) is 0 Å². The van der Waals surface area contributed by atoms with Crippen LogP contribution in [0.1, 0.15) is 149 Å². The molecule has 0 heterocycles. The minimum atomic E-state index is -4.88. The van der Waals surface area contributed by atoms with Crippen LogP contribution in [0.4, 0.5) is 0 Å². The Morgan fingerprint density at radius 2 is 1.05 bits per heavy atom. The number of phosphoric ester groups is 2. The van der Waals surface area contributed by atoms with Crippen LogP contribution in [0.25, 0.3) is 0 Å². The van der Waals surface area contributed by atoms with E-state index in [-0.39, 0.29) is 18.6 Å². The average Bonchev–Trinajstić information content (AvgIpc) is 3.20. The number of carbonyl (C=O) groups is 3. The quantitative estimate of drug-likeness (QED) is 0.0113. The zero-order valence-electron chi connectivity index (χ0n) is 36.0. The second kappa shape index (κ2) is 39.1. The Bertz CT molecular complexity index is 1400. The maximum atomic E-state index is 12.6. The molecule has 0 radical (unpaired) electrons. The van der Waals surface area contributed by atoms with E-state index in [1.165, 1.54) is 25.7 Å². The molecule has 14 nitrogen and oxygen atoms in total. The minimum absolute atomic E-state index is 0.0862. The van der Waals surface area contributed by atoms with Crippen molar-refractivity contribution in [2.24, 2.45) is 0 Å². The van der Waals surface area contributed by atoms with Crippen molar-refractivity contribution in [1.82, 2.24) is 0 Å². The Hall–Kier alpha value is -2.77. The van der Waals surface area contributed by atoms with Crippen LogP contribution in [0.5, 0.6) is 0 Å². The number of ketones is 1. The van der Waals surface area contributed by atoms with Gasteiger partial charge in [0.1, 0.15) is 12.7 Å². The van der Waals surface area contributed by atoms with Gasteiger partial charge in [0.05, 0.1) is 19.8 Å². The van der Waals surface area contributed by atoms with E-state index >= 15 is 0 Å². The third-order valence-corrected chi connectivity index (χ3v) is 10.00. The normalized spacial score (nSPS) is 14.6. The highest BCUT2D eigenvalue weighted by molar-refractivity contribution is 7.47. The Morgan fingerprint density at radius 3 is 1.73 bits per heavy atom. The molecular formula is C44H74O14P2. The van der Waals surface area contributed by atoms with E-state index in [2.05, 4.69) is 47.2 Å². The molecule has 0 fully saturated rings. The fourth-order valence-electron chi connectivity index (χ4n) is 5.23. The number of phosphoric acid groups is 2. The smallest absolute Gasteiger partial charge is 0.462 e. The van der Waals surface area contributed by atoms with Gasteiger partial charge in [-0.2, -0.15) is 0 Å². The van der Waals surface area contributed by atoms with Gasteiger partial charge in [-0.3, -0.25) is 28.0 Å². The van der Waals surface area contributed by atoms with Crippen LogP contribution in [0, 0.1) is 0 Å². The van der Waals surface area contributed by atoms with E-state index in [1.807, 2.05) is 36.5 Å². The van der Waals surface area contributed by atoms with Crippen LogP contribution in [0.2, 0.25) is 0 Å². The van der Waals surface area contributed by atoms with E-state index in [9.17, 15) is 33.5 Å². The predicted octanol–water partition coefficient (Wildman–Crippen LogP) is 10.2. The second-order valence-corrected chi connectivity index (χ2v) is 17.0. The van der Waals surface area contributed by atoms with Crippen molar-refractivity contribution in [2.75, 3.05) is 26.4 Å². The summed E-state index contributed by atoms with van der Waals surface area (Å²) in [5, 5.41) is 9.74. The van der Waals surface area contributed by atoms with Crippen LogP contribution >= 0.6 is 15.6 Å². The summed E-state index contributed by atoms with van der Waals surface area (Å²) < 4.78 is 47.6. The van der Waals surface area contributed by atoms with Gasteiger partial charge in [0.25, 0.3) is 0 Å². The van der Waals surface area contributed by atoms with E-state index < -0.39 is 66.2 Å². The summed E-state index contributed by atoms with van der Waals surface area (Å²) in [5.41, 5.74) is 0. The molecule has 0 spiro atoms. The molecule has 0 aliphatic carbocycles. The molecule has 16 heteroatoms. The predicted molar refractivity (Wildman–Crippen MR) is 235 cm³/mol. The molecule has 0 saturated heterocycles. The average molecular weight is 889 g/mol. The lowest BCUT2D eigenvalue weighted by atomic mass is 10.1. The number of carbonyl (C=O) groups excluding carboxylic acids is 3. The minimum Gasteiger partial charge on any atom is -0.462 e. The number of unbranched alkanes of at least 4 members (excludes halogenated alkanes) is 12. The standard InChI is InChI=1S/C44H74O14P2/c1-3-5-7-8-9-10-11-12-13-14-17-21-24-27-31-35-44(48)58-42(39-57-60(52,53)56-37-41(46)36-55-59(49,50)51)38-54-43(47)34-30-26-23-20-18-15-16-19-22-25-29-33-40(45)32-28-6-4-2/h10-13,15-16,20,22-23,25,29,33,41-42,46H,3-9,14,17-19,21,24,26-28,30-32,34-39H2,1-2H3,(H,52,53)(H2,49,50,51)/b11-10-,13-12-,16-15-,23-20-,25-22-,33-29+/t41-,42+/m0/s1. The van der Waals surface area contributed by atoms with Crippen LogP contribution in [0.15, 0.2) is 72.9 Å². The first-order chi connectivity index (χ1) is 28.8. The highest BCUT2D eigenvalue weighted by Gasteiger charge is 2.28. The number of allylic oxidation sites excluding steroid dienone is 12. The van der Waals surface area contributed by atoms with Crippen LogP contribution in [-0.4, -0.2) is 76.1 Å². The highest BCUT2D eigenvalue weighted by atomic mass is 31.2. The van der Waals surface area contributed by atoms with Gasteiger partial charge < -0.3 is 29.3 Å². The zero-order chi connectivity index (χ0) is 44.6. The van der Waals surface area contributed by atoms with E-state index in [0.717, 1.165) is 70.6 Å². The van der Waals surface area contributed by atoms with Crippen molar-refractivity contribution in [2.45, 2.75) is 161 Å². The summed E-state index contributed by atoms with van der Waals surface area (Å²) in [6.07, 6.45) is 38.8. The monoisotopic (exact) mass is 888 g/mol. The molecule has 344 valence electrons. The molecule has 4 N–H and O–H groups in total. The Balaban J connectivity index is 4.69. The summed E-state index contributed by atoms with van der Waals surface area (Å²) in [6.45, 7) is 1.47. The third-order valence-electron chi connectivity index (χ3n) is 8.56. The van der Waals surface area contributed by atoms with Gasteiger partial charge in [0, 0.05) is 19.3 Å². The molecule has 0 aromatic heterocycles. The van der Waals surface area contributed by atoms with Crippen LogP contribution < -0.4 is 0 Å². The Labute approximate surface area is 359 Å².